The van der Waals surface area contributed by atoms with Gasteiger partial charge in [0.1, 0.15) is 0 Å². The van der Waals surface area contributed by atoms with E-state index in [1.807, 2.05) is 50.2 Å². The minimum absolute atomic E-state index is 0.0902. The number of amides is 1. The summed E-state index contributed by atoms with van der Waals surface area (Å²) in [4.78, 5) is 12.3. The molecule has 104 valence electrons. The first-order valence-electron chi connectivity index (χ1n) is 6.78. The molecule has 3 nitrogen and oxygen atoms in total. The van der Waals surface area contributed by atoms with Crippen molar-refractivity contribution in [1.82, 2.24) is 0 Å². The zero-order valence-corrected chi connectivity index (χ0v) is 12.2. The Morgan fingerprint density at radius 2 is 1.80 bits per heavy atom. The van der Waals surface area contributed by atoms with Gasteiger partial charge >= 0.3 is 0 Å². The topological polar surface area (TPSA) is 55.1 Å². The summed E-state index contributed by atoms with van der Waals surface area (Å²) in [7, 11) is 0. The van der Waals surface area contributed by atoms with Crippen molar-refractivity contribution in [3.8, 4) is 0 Å². The minimum atomic E-state index is -0.0902. The van der Waals surface area contributed by atoms with Crippen LogP contribution in [-0.4, -0.2) is 5.91 Å². The largest absolute Gasteiger partial charge is 0.399 e. The molecule has 0 saturated carbocycles. The van der Waals surface area contributed by atoms with Gasteiger partial charge in [-0.15, -0.1) is 0 Å². The van der Waals surface area contributed by atoms with E-state index in [1.54, 1.807) is 0 Å². The van der Waals surface area contributed by atoms with Gasteiger partial charge in [0.25, 0.3) is 5.91 Å². The van der Waals surface area contributed by atoms with Crippen molar-refractivity contribution in [3.63, 3.8) is 0 Å². The number of carbonyl (C=O) groups excluding carboxylic acids is 1. The zero-order valence-electron chi connectivity index (χ0n) is 12.2. The van der Waals surface area contributed by atoms with Gasteiger partial charge in [-0.3, -0.25) is 4.79 Å². The monoisotopic (exact) mass is 268 g/mol. The molecule has 0 saturated heterocycles. The van der Waals surface area contributed by atoms with Crippen LogP contribution < -0.4 is 11.1 Å². The molecule has 0 aliphatic rings. The Morgan fingerprint density at radius 3 is 2.40 bits per heavy atom. The average molecular weight is 268 g/mol. The minimum Gasteiger partial charge on any atom is -0.399 e. The van der Waals surface area contributed by atoms with Gasteiger partial charge in [-0.1, -0.05) is 24.6 Å². The smallest absolute Gasteiger partial charge is 0.255 e. The number of anilines is 2. The predicted molar refractivity (Wildman–Crippen MR) is 84.1 cm³/mol. The van der Waals surface area contributed by atoms with Crippen LogP contribution in [0.15, 0.2) is 36.4 Å². The average Bonchev–Trinajstić information content (AvgIpc) is 2.42. The molecule has 0 aliphatic carbocycles. The van der Waals surface area contributed by atoms with E-state index in [9.17, 15) is 4.79 Å². The van der Waals surface area contributed by atoms with Gasteiger partial charge in [0.2, 0.25) is 0 Å². The Kier molecular flexibility index (Phi) is 4.08. The van der Waals surface area contributed by atoms with Crippen LogP contribution in [0.2, 0.25) is 0 Å². The third-order valence-corrected chi connectivity index (χ3v) is 3.37. The van der Waals surface area contributed by atoms with Crippen molar-refractivity contribution in [3.05, 3.63) is 58.7 Å². The second-order valence-electron chi connectivity index (χ2n) is 5.05. The van der Waals surface area contributed by atoms with Gasteiger partial charge in [-0.05, 0) is 55.7 Å². The number of benzene rings is 2. The molecule has 3 N–H and O–H groups in total. The lowest BCUT2D eigenvalue weighted by molar-refractivity contribution is 0.102. The summed E-state index contributed by atoms with van der Waals surface area (Å²) in [5.74, 6) is -0.0902. The van der Waals surface area contributed by atoms with Crippen molar-refractivity contribution < 1.29 is 4.79 Å². The number of nitrogen functional groups attached to an aromatic ring is 1. The molecule has 0 aliphatic heterocycles. The van der Waals surface area contributed by atoms with E-state index in [-0.39, 0.29) is 5.91 Å². The van der Waals surface area contributed by atoms with Crippen LogP contribution in [0.3, 0.4) is 0 Å². The van der Waals surface area contributed by atoms with E-state index in [2.05, 4.69) is 12.2 Å². The molecule has 2 aromatic carbocycles. The molecule has 0 aromatic heterocycles. The van der Waals surface area contributed by atoms with Crippen LogP contribution in [-0.2, 0) is 6.42 Å². The second kappa shape index (κ2) is 5.78. The van der Waals surface area contributed by atoms with Crippen LogP contribution in [0.5, 0.6) is 0 Å². The number of hydrogen-bond donors (Lipinski definition) is 2. The molecule has 0 heterocycles. The van der Waals surface area contributed by atoms with Gasteiger partial charge in [-0.25, -0.2) is 0 Å². The van der Waals surface area contributed by atoms with Crippen LogP contribution >= 0.6 is 0 Å². The molecule has 2 rings (SSSR count). The van der Waals surface area contributed by atoms with Gasteiger partial charge in [0, 0.05) is 16.9 Å². The highest BCUT2D eigenvalue weighted by Gasteiger charge is 2.11. The molecule has 0 spiro atoms. The van der Waals surface area contributed by atoms with E-state index in [0.29, 0.717) is 5.56 Å². The summed E-state index contributed by atoms with van der Waals surface area (Å²) in [5.41, 5.74) is 11.3. The highest BCUT2D eigenvalue weighted by atomic mass is 16.1. The summed E-state index contributed by atoms with van der Waals surface area (Å²) in [6.45, 7) is 6.01. The fourth-order valence-electron chi connectivity index (χ4n) is 2.24. The highest BCUT2D eigenvalue weighted by molar-refractivity contribution is 6.05. The van der Waals surface area contributed by atoms with Gasteiger partial charge in [0.05, 0.1) is 0 Å². The van der Waals surface area contributed by atoms with Crippen molar-refractivity contribution in [2.75, 3.05) is 11.1 Å². The maximum Gasteiger partial charge on any atom is 0.255 e. The van der Waals surface area contributed by atoms with E-state index >= 15 is 0 Å². The van der Waals surface area contributed by atoms with Crippen LogP contribution in [0.1, 0.15) is 34.0 Å². The number of hydrogen-bond acceptors (Lipinski definition) is 2. The molecule has 0 atom stereocenters. The molecule has 0 unspecified atom stereocenters. The first-order valence-corrected chi connectivity index (χ1v) is 6.78. The fraction of sp³-hybridized carbons (Fsp3) is 0.235. The van der Waals surface area contributed by atoms with Crippen molar-refractivity contribution in [2.24, 2.45) is 0 Å². The lowest BCUT2D eigenvalue weighted by Crippen LogP contribution is -2.14. The Labute approximate surface area is 119 Å². The predicted octanol–water partition coefficient (Wildman–Crippen LogP) is 3.70. The molecule has 2 aromatic rings. The maximum absolute atomic E-state index is 12.3. The van der Waals surface area contributed by atoms with Gasteiger partial charge < -0.3 is 11.1 Å². The maximum atomic E-state index is 12.3. The van der Waals surface area contributed by atoms with Crippen molar-refractivity contribution in [2.45, 2.75) is 27.2 Å². The number of aryl methyl sites for hydroxylation is 3. The zero-order chi connectivity index (χ0) is 14.7. The summed E-state index contributed by atoms with van der Waals surface area (Å²) in [6.07, 6.45) is 0.829. The SMILES string of the molecule is CCc1cc(N)cc(C)c1NC(=O)c1ccc(C)cc1. The van der Waals surface area contributed by atoms with E-state index < -0.39 is 0 Å². The summed E-state index contributed by atoms with van der Waals surface area (Å²) in [5, 5.41) is 3.00. The highest BCUT2D eigenvalue weighted by Crippen LogP contribution is 2.25. The van der Waals surface area contributed by atoms with Crippen LogP contribution in [0.25, 0.3) is 0 Å². The molecule has 0 fully saturated rings. The third kappa shape index (κ3) is 2.99. The summed E-state index contributed by atoms with van der Waals surface area (Å²) in [6, 6.07) is 11.3. The van der Waals surface area contributed by atoms with Gasteiger partial charge in [0.15, 0.2) is 0 Å². The molecule has 0 bridgehead atoms. The number of nitrogens with one attached hydrogen (secondary N) is 1. The number of nitrogens with two attached hydrogens (primary N) is 1. The standard InChI is InChI=1S/C17H20N2O/c1-4-13-10-15(18)9-12(3)16(13)19-17(20)14-7-5-11(2)6-8-14/h5-10H,4,18H2,1-3H3,(H,19,20). The molecular weight excluding hydrogens is 248 g/mol. The first-order chi connectivity index (χ1) is 9.51. The Morgan fingerprint density at radius 1 is 1.15 bits per heavy atom. The first kappa shape index (κ1) is 14.1. The summed E-state index contributed by atoms with van der Waals surface area (Å²) >= 11 is 0. The lowest BCUT2D eigenvalue weighted by Gasteiger charge is -2.14. The second-order valence-corrected chi connectivity index (χ2v) is 5.05. The summed E-state index contributed by atoms with van der Waals surface area (Å²) < 4.78 is 0. The molecule has 0 radical (unpaired) electrons. The van der Waals surface area contributed by atoms with Crippen LogP contribution in [0, 0.1) is 13.8 Å². The molecule has 20 heavy (non-hydrogen) atoms. The van der Waals surface area contributed by atoms with Crippen LogP contribution in [0.4, 0.5) is 11.4 Å². The Hall–Kier alpha value is -2.29. The number of rotatable bonds is 3. The lowest BCUT2D eigenvalue weighted by atomic mass is 10.0. The van der Waals surface area contributed by atoms with Gasteiger partial charge in [-0.2, -0.15) is 0 Å². The van der Waals surface area contributed by atoms with Crippen molar-refractivity contribution >= 4 is 17.3 Å². The van der Waals surface area contributed by atoms with Crippen molar-refractivity contribution in [1.29, 1.82) is 0 Å². The van der Waals surface area contributed by atoms with E-state index in [1.165, 1.54) is 0 Å². The quantitative estimate of drug-likeness (QED) is 0.834. The number of carbonyl (C=O) groups is 1. The van der Waals surface area contributed by atoms with E-state index in [4.69, 9.17) is 5.73 Å². The van der Waals surface area contributed by atoms with E-state index in [0.717, 1.165) is 34.5 Å². The Balaban J connectivity index is 2.30. The third-order valence-electron chi connectivity index (χ3n) is 3.37. The molecule has 1 amide bonds. The Bertz CT molecular complexity index is 630. The molecule has 3 heteroatoms. The molecular formula is C17H20N2O. The fourth-order valence-corrected chi connectivity index (χ4v) is 2.24. The normalized spacial score (nSPS) is 10.3.